The summed E-state index contributed by atoms with van der Waals surface area (Å²) < 4.78 is 0. The van der Waals surface area contributed by atoms with Gasteiger partial charge in [-0.15, -0.1) is 0 Å². The third-order valence-electron chi connectivity index (χ3n) is 3.74. The SMILES string of the molecule is O=C(CCC1CCN(Cc2cccnc2)CC1)NO. The van der Waals surface area contributed by atoms with Crippen LogP contribution in [0.25, 0.3) is 0 Å². The molecule has 0 radical (unpaired) electrons. The van der Waals surface area contributed by atoms with Gasteiger partial charge in [-0.3, -0.25) is 19.9 Å². The maximum absolute atomic E-state index is 11.0. The molecule has 104 valence electrons. The molecule has 1 aliphatic heterocycles. The molecule has 0 atom stereocenters. The molecule has 2 heterocycles. The van der Waals surface area contributed by atoms with E-state index in [-0.39, 0.29) is 5.91 Å². The monoisotopic (exact) mass is 263 g/mol. The molecule has 1 fully saturated rings. The van der Waals surface area contributed by atoms with E-state index in [0.717, 1.165) is 38.9 Å². The first-order valence-electron chi connectivity index (χ1n) is 6.82. The van der Waals surface area contributed by atoms with Crippen LogP contribution in [0.5, 0.6) is 0 Å². The smallest absolute Gasteiger partial charge is 0.243 e. The molecule has 19 heavy (non-hydrogen) atoms. The Hall–Kier alpha value is -1.46. The second-order valence-electron chi connectivity index (χ2n) is 5.15. The molecule has 2 rings (SSSR count). The van der Waals surface area contributed by atoms with Gasteiger partial charge in [-0.1, -0.05) is 6.07 Å². The van der Waals surface area contributed by atoms with Gasteiger partial charge in [0.1, 0.15) is 0 Å². The second-order valence-corrected chi connectivity index (χ2v) is 5.15. The molecular formula is C14H21N3O2. The average molecular weight is 263 g/mol. The summed E-state index contributed by atoms with van der Waals surface area (Å²) in [5, 5.41) is 8.46. The summed E-state index contributed by atoms with van der Waals surface area (Å²) in [6, 6.07) is 4.07. The standard InChI is InChI=1S/C14H21N3O2/c18-14(16-19)4-3-12-5-8-17(9-6-12)11-13-2-1-7-15-10-13/h1-2,7,10,12,19H,3-6,8-9,11H2,(H,16,18). The number of hydrogen-bond donors (Lipinski definition) is 2. The van der Waals surface area contributed by atoms with Gasteiger partial charge in [0.15, 0.2) is 0 Å². The number of rotatable bonds is 5. The third-order valence-corrected chi connectivity index (χ3v) is 3.74. The predicted octanol–water partition coefficient (Wildman–Crippen LogP) is 1.58. The number of carbonyl (C=O) groups is 1. The highest BCUT2D eigenvalue weighted by Gasteiger charge is 2.19. The van der Waals surface area contributed by atoms with Crippen molar-refractivity contribution in [1.29, 1.82) is 0 Å². The number of pyridine rings is 1. The average Bonchev–Trinajstić information content (AvgIpc) is 2.47. The van der Waals surface area contributed by atoms with Gasteiger partial charge in [0.05, 0.1) is 0 Å². The summed E-state index contributed by atoms with van der Waals surface area (Å²) in [5.41, 5.74) is 2.94. The van der Waals surface area contributed by atoms with Gasteiger partial charge in [0.2, 0.25) is 5.91 Å². The molecule has 5 heteroatoms. The Labute approximate surface area is 113 Å². The molecule has 5 nitrogen and oxygen atoms in total. The minimum atomic E-state index is -0.280. The summed E-state index contributed by atoms with van der Waals surface area (Å²) in [5.74, 6) is 0.320. The lowest BCUT2D eigenvalue weighted by atomic mass is 9.92. The minimum Gasteiger partial charge on any atom is -0.299 e. The van der Waals surface area contributed by atoms with Crippen LogP contribution in [0.1, 0.15) is 31.2 Å². The van der Waals surface area contributed by atoms with Crippen LogP contribution in [0.2, 0.25) is 0 Å². The Kier molecular flexibility index (Phi) is 5.30. The van der Waals surface area contributed by atoms with E-state index >= 15 is 0 Å². The van der Waals surface area contributed by atoms with Crippen molar-refractivity contribution in [2.24, 2.45) is 5.92 Å². The van der Waals surface area contributed by atoms with Crippen LogP contribution in [0, 0.1) is 5.92 Å². The lowest BCUT2D eigenvalue weighted by molar-refractivity contribution is -0.129. The molecule has 0 spiro atoms. The van der Waals surface area contributed by atoms with Crippen molar-refractivity contribution in [2.45, 2.75) is 32.2 Å². The largest absolute Gasteiger partial charge is 0.299 e. The molecule has 1 aromatic rings. The second kappa shape index (κ2) is 7.21. The van der Waals surface area contributed by atoms with Crippen molar-refractivity contribution in [1.82, 2.24) is 15.4 Å². The van der Waals surface area contributed by atoms with Gasteiger partial charge in [-0.05, 0) is 49.9 Å². The third kappa shape index (κ3) is 4.61. The zero-order valence-electron chi connectivity index (χ0n) is 11.1. The predicted molar refractivity (Wildman–Crippen MR) is 71.4 cm³/mol. The fourth-order valence-corrected chi connectivity index (χ4v) is 2.57. The number of aromatic nitrogens is 1. The van der Waals surface area contributed by atoms with Gasteiger partial charge in [0, 0.05) is 25.4 Å². The maximum atomic E-state index is 11.0. The number of piperidine rings is 1. The highest BCUT2D eigenvalue weighted by molar-refractivity contribution is 5.74. The van der Waals surface area contributed by atoms with Crippen molar-refractivity contribution >= 4 is 5.91 Å². The fraction of sp³-hybridized carbons (Fsp3) is 0.571. The maximum Gasteiger partial charge on any atom is 0.243 e. The van der Waals surface area contributed by atoms with Crippen LogP contribution in [0.3, 0.4) is 0 Å². The lowest BCUT2D eigenvalue weighted by Gasteiger charge is -2.31. The molecule has 0 bridgehead atoms. The Bertz CT molecular complexity index is 389. The van der Waals surface area contributed by atoms with E-state index in [1.54, 1.807) is 11.7 Å². The van der Waals surface area contributed by atoms with E-state index in [1.165, 1.54) is 5.56 Å². The molecular weight excluding hydrogens is 242 g/mol. The molecule has 1 saturated heterocycles. The van der Waals surface area contributed by atoms with Gasteiger partial charge in [0.25, 0.3) is 0 Å². The lowest BCUT2D eigenvalue weighted by Crippen LogP contribution is -2.33. The van der Waals surface area contributed by atoms with Crippen LogP contribution in [0.4, 0.5) is 0 Å². The van der Waals surface area contributed by atoms with Gasteiger partial charge in [-0.25, -0.2) is 5.48 Å². The van der Waals surface area contributed by atoms with Crippen molar-refractivity contribution in [3.63, 3.8) is 0 Å². The quantitative estimate of drug-likeness (QED) is 0.625. The van der Waals surface area contributed by atoms with E-state index in [0.29, 0.717) is 12.3 Å². The number of hydroxylamine groups is 1. The van der Waals surface area contributed by atoms with Gasteiger partial charge < -0.3 is 0 Å². The van der Waals surface area contributed by atoms with Crippen LogP contribution < -0.4 is 5.48 Å². The molecule has 1 aliphatic rings. The van der Waals surface area contributed by atoms with E-state index < -0.39 is 0 Å². The van der Waals surface area contributed by atoms with Gasteiger partial charge >= 0.3 is 0 Å². The zero-order valence-corrected chi connectivity index (χ0v) is 11.1. The van der Waals surface area contributed by atoms with E-state index in [1.807, 2.05) is 12.3 Å². The Morgan fingerprint density at radius 2 is 2.26 bits per heavy atom. The molecule has 1 amide bonds. The number of carbonyl (C=O) groups excluding carboxylic acids is 1. The number of nitrogens with one attached hydrogen (secondary N) is 1. The number of hydrogen-bond acceptors (Lipinski definition) is 4. The first-order chi connectivity index (χ1) is 9.28. The number of likely N-dealkylation sites (tertiary alicyclic amines) is 1. The minimum absolute atomic E-state index is 0.280. The molecule has 1 aromatic heterocycles. The summed E-state index contributed by atoms with van der Waals surface area (Å²) in [6.07, 6.45) is 7.24. The Morgan fingerprint density at radius 3 is 2.89 bits per heavy atom. The first-order valence-corrected chi connectivity index (χ1v) is 6.82. The van der Waals surface area contributed by atoms with Crippen molar-refractivity contribution in [3.8, 4) is 0 Å². The Balaban J connectivity index is 1.69. The van der Waals surface area contributed by atoms with Crippen LogP contribution in [-0.2, 0) is 11.3 Å². The summed E-state index contributed by atoms with van der Waals surface area (Å²) in [7, 11) is 0. The highest BCUT2D eigenvalue weighted by atomic mass is 16.5. The number of amides is 1. The zero-order chi connectivity index (χ0) is 13.5. The van der Waals surface area contributed by atoms with Crippen LogP contribution >= 0.6 is 0 Å². The van der Waals surface area contributed by atoms with Crippen LogP contribution in [0.15, 0.2) is 24.5 Å². The molecule has 0 aliphatic carbocycles. The van der Waals surface area contributed by atoms with E-state index in [9.17, 15) is 4.79 Å². The van der Waals surface area contributed by atoms with Gasteiger partial charge in [-0.2, -0.15) is 0 Å². The summed E-state index contributed by atoms with van der Waals surface area (Å²) in [6.45, 7) is 3.10. The van der Waals surface area contributed by atoms with E-state index in [4.69, 9.17) is 5.21 Å². The molecule has 0 saturated carbocycles. The van der Waals surface area contributed by atoms with Crippen molar-refractivity contribution < 1.29 is 10.0 Å². The topological polar surface area (TPSA) is 65.5 Å². The Morgan fingerprint density at radius 1 is 1.47 bits per heavy atom. The first kappa shape index (κ1) is 14.0. The summed E-state index contributed by atoms with van der Waals surface area (Å²) >= 11 is 0. The van der Waals surface area contributed by atoms with Crippen LogP contribution in [-0.4, -0.2) is 34.1 Å². The number of nitrogens with zero attached hydrogens (tertiary/aromatic N) is 2. The molecule has 0 aromatic carbocycles. The summed E-state index contributed by atoms with van der Waals surface area (Å²) in [4.78, 5) is 17.5. The fourth-order valence-electron chi connectivity index (χ4n) is 2.57. The van der Waals surface area contributed by atoms with Crippen molar-refractivity contribution in [2.75, 3.05) is 13.1 Å². The highest BCUT2D eigenvalue weighted by Crippen LogP contribution is 2.22. The molecule has 0 unspecified atom stereocenters. The molecule has 2 N–H and O–H groups in total. The van der Waals surface area contributed by atoms with E-state index in [2.05, 4.69) is 16.0 Å². The van der Waals surface area contributed by atoms with Crippen molar-refractivity contribution in [3.05, 3.63) is 30.1 Å². The normalized spacial score (nSPS) is 17.3.